The van der Waals surface area contributed by atoms with Crippen LogP contribution in [-0.4, -0.2) is 44.1 Å². The zero-order valence-corrected chi connectivity index (χ0v) is 17.0. The lowest BCUT2D eigenvalue weighted by molar-refractivity contribution is -0.0463. The van der Waals surface area contributed by atoms with Gasteiger partial charge < -0.3 is 15.2 Å². The van der Waals surface area contributed by atoms with E-state index in [2.05, 4.69) is 41.6 Å². The molecule has 3 heterocycles. The maximum Gasteiger partial charge on any atom is 0.172 e. The van der Waals surface area contributed by atoms with Crippen LogP contribution in [0.3, 0.4) is 0 Å². The second-order valence-electron chi connectivity index (χ2n) is 9.17. The fourth-order valence-electron chi connectivity index (χ4n) is 4.57. The van der Waals surface area contributed by atoms with Crippen molar-refractivity contribution in [2.75, 3.05) is 6.54 Å². The second kappa shape index (κ2) is 7.54. The molecule has 152 valence electrons. The minimum Gasteiger partial charge on any atom is -0.388 e. The monoisotopic (exact) mass is 385 g/mol. The Hall–Kier alpha value is -1.83. The highest BCUT2D eigenvalue weighted by molar-refractivity contribution is 5.17. The molecule has 4 rings (SSSR count). The lowest BCUT2D eigenvalue weighted by Gasteiger charge is -2.41. The molecule has 2 N–H and O–H groups in total. The summed E-state index contributed by atoms with van der Waals surface area (Å²) in [6.45, 7) is 7.04. The van der Waals surface area contributed by atoms with Crippen molar-refractivity contribution in [3.05, 3.63) is 41.7 Å². The first-order valence-corrected chi connectivity index (χ1v) is 10.3. The van der Waals surface area contributed by atoms with Crippen LogP contribution in [0.25, 0.3) is 0 Å². The van der Waals surface area contributed by atoms with Crippen molar-refractivity contribution in [3.63, 3.8) is 0 Å². The van der Waals surface area contributed by atoms with E-state index < -0.39 is 6.10 Å². The molecular formula is C21H31N5O2. The molecular weight excluding hydrogens is 354 g/mol. The zero-order valence-electron chi connectivity index (χ0n) is 17.0. The lowest BCUT2D eigenvalue weighted by atomic mass is 9.84. The summed E-state index contributed by atoms with van der Waals surface area (Å²) >= 11 is 0. The highest BCUT2D eigenvalue weighted by atomic mass is 16.5. The Morgan fingerprint density at radius 3 is 2.54 bits per heavy atom. The highest BCUT2D eigenvalue weighted by Gasteiger charge is 2.49. The number of nitrogens with zero attached hydrogens (tertiary/aromatic N) is 4. The summed E-state index contributed by atoms with van der Waals surface area (Å²) in [6, 6.07) is 9.82. The maximum absolute atomic E-state index is 10.6. The molecule has 0 radical (unpaired) electrons. The summed E-state index contributed by atoms with van der Waals surface area (Å²) in [4.78, 5) is 0. The molecule has 0 spiro atoms. The Morgan fingerprint density at radius 2 is 1.89 bits per heavy atom. The number of tetrazole rings is 1. The summed E-state index contributed by atoms with van der Waals surface area (Å²) in [7, 11) is 0. The summed E-state index contributed by atoms with van der Waals surface area (Å²) < 4.78 is 8.05. The van der Waals surface area contributed by atoms with Crippen molar-refractivity contribution >= 4 is 0 Å². The van der Waals surface area contributed by atoms with E-state index >= 15 is 0 Å². The largest absolute Gasteiger partial charge is 0.388 e. The van der Waals surface area contributed by atoms with E-state index in [1.807, 2.05) is 35.0 Å². The Labute approximate surface area is 166 Å². The van der Waals surface area contributed by atoms with E-state index in [1.54, 1.807) is 0 Å². The van der Waals surface area contributed by atoms with E-state index in [1.165, 1.54) is 0 Å². The first-order chi connectivity index (χ1) is 13.4. The molecule has 1 aromatic heterocycles. The number of hydrogen-bond donors (Lipinski definition) is 2. The Morgan fingerprint density at radius 1 is 1.21 bits per heavy atom. The number of aliphatic hydroxyl groups excluding tert-OH is 1. The standard InChI is InChI=1S/C21H31N5O2/c1-20(2,3)26-19(23-24-25-26)21(13-16-9-10-17(14-21)28-16)22-12-11-18(27)15-7-5-4-6-8-15/h4-8,16-18,22,27H,9-14H2,1-3H3/t16?,17?,18-,21?/m1/s1. The quantitative estimate of drug-likeness (QED) is 0.795. The van der Waals surface area contributed by atoms with Crippen LogP contribution in [0.2, 0.25) is 0 Å². The third kappa shape index (κ3) is 3.83. The molecule has 1 aromatic carbocycles. The van der Waals surface area contributed by atoms with Gasteiger partial charge in [-0.05, 0) is 75.4 Å². The molecule has 2 bridgehead atoms. The summed E-state index contributed by atoms with van der Waals surface area (Å²) in [5, 5.41) is 27.1. The summed E-state index contributed by atoms with van der Waals surface area (Å²) in [5.41, 5.74) is 0.427. The van der Waals surface area contributed by atoms with Gasteiger partial charge in [0.2, 0.25) is 0 Å². The van der Waals surface area contributed by atoms with Crippen LogP contribution in [0.5, 0.6) is 0 Å². The summed E-state index contributed by atoms with van der Waals surface area (Å²) in [5.74, 6) is 0.884. The predicted octanol–water partition coefficient (Wildman–Crippen LogP) is 2.68. The molecule has 0 amide bonds. The van der Waals surface area contributed by atoms with Crippen LogP contribution >= 0.6 is 0 Å². The van der Waals surface area contributed by atoms with Crippen molar-refractivity contribution in [2.45, 2.75) is 82.3 Å². The van der Waals surface area contributed by atoms with Gasteiger partial charge in [0.1, 0.15) is 0 Å². The van der Waals surface area contributed by atoms with E-state index in [9.17, 15) is 5.11 Å². The van der Waals surface area contributed by atoms with E-state index in [4.69, 9.17) is 4.74 Å². The average molecular weight is 386 g/mol. The molecule has 2 unspecified atom stereocenters. The first kappa shape index (κ1) is 19.5. The number of fused-ring (bicyclic) bond motifs is 2. The van der Waals surface area contributed by atoms with Gasteiger partial charge in [0, 0.05) is 0 Å². The minimum atomic E-state index is -0.485. The van der Waals surface area contributed by atoms with Gasteiger partial charge in [-0.25, -0.2) is 4.68 Å². The Kier molecular flexibility index (Phi) is 5.24. The SMILES string of the molecule is CC(C)(C)n1nnnc1C1(NCC[C@@H](O)c2ccccc2)CC2CCC(C1)O2. The number of rotatable bonds is 6. The molecule has 2 saturated heterocycles. The minimum absolute atomic E-state index is 0.200. The molecule has 2 fully saturated rings. The van der Waals surface area contributed by atoms with Crippen molar-refractivity contribution in [2.24, 2.45) is 0 Å². The van der Waals surface area contributed by atoms with E-state index in [-0.39, 0.29) is 23.3 Å². The molecule has 2 aromatic rings. The second-order valence-corrected chi connectivity index (χ2v) is 9.17. The molecule has 0 aliphatic carbocycles. The average Bonchev–Trinajstić information content (AvgIpc) is 3.30. The molecule has 7 heteroatoms. The third-order valence-electron chi connectivity index (χ3n) is 5.95. The number of nitrogens with one attached hydrogen (secondary N) is 1. The third-order valence-corrected chi connectivity index (χ3v) is 5.95. The molecule has 0 saturated carbocycles. The number of aliphatic hydroxyl groups is 1. The summed E-state index contributed by atoms with van der Waals surface area (Å²) in [6.07, 6.45) is 4.56. The normalized spacial score (nSPS) is 28.4. The van der Waals surface area contributed by atoms with Gasteiger partial charge >= 0.3 is 0 Å². The van der Waals surface area contributed by atoms with Gasteiger partial charge in [0.15, 0.2) is 5.82 Å². The van der Waals surface area contributed by atoms with Crippen LogP contribution < -0.4 is 5.32 Å². The first-order valence-electron chi connectivity index (χ1n) is 10.3. The van der Waals surface area contributed by atoms with Crippen molar-refractivity contribution in [3.8, 4) is 0 Å². The van der Waals surface area contributed by atoms with Crippen molar-refractivity contribution < 1.29 is 9.84 Å². The van der Waals surface area contributed by atoms with Crippen molar-refractivity contribution in [1.29, 1.82) is 0 Å². The topological polar surface area (TPSA) is 85.1 Å². The van der Waals surface area contributed by atoms with E-state index in [0.29, 0.717) is 13.0 Å². The predicted molar refractivity (Wildman–Crippen MR) is 106 cm³/mol. The van der Waals surface area contributed by atoms with Crippen LogP contribution in [0.1, 0.15) is 70.4 Å². The van der Waals surface area contributed by atoms with Gasteiger partial charge in [0.25, 0.3) is 0 Å². The fraction of sp³-hybridized carbons (Fsp3) is 0.667. The van der Waals surface area contributed by atoms with E-state index in [0.717, 1.165) is 37.1 Å². The maximum atomic E-state index is 10.6. The van der Waals surface area contributed by atoms with Gasteiger partial charge in [-0.15, -0.1) is 5.10 Å². The van der Waals surface area contributed by atoms with Crippen molar-refractivity contribution in [1.82, 2.24) is 25.5 Å². The Balaban J connectivity index is 1.54. The molecule has 2 aliphatic rings. The number of hydrogen-bond acceptors (Lipinski definition) is 6. The molecule has 7 nitrogen and oxygen atoms in total. The van der Waals surface area contributed by atoms with Crippen LogP contribution in [0.4, 0.5) is 0 Å². The zero-order chi connectivity index (χ0) is 19.8. The van der Waals surface area contributed by atoms with Crippen LogP contribution in [0.15, 0.2) is 30.3 Å². The molecule has 3 atom stereocenters. The number of aromatic nitrogens is 4. The van der Waals surface area contributed by atoms with Crippen LogP contribution in [-0.2, 0) is 15.8 Å². The molecule has 2 aliphatic heterocycles. The van der Waals surface area contributed by atoms with Gasteiger partial charge in [-0.3, -0.25) is 0 Å². The number of benzene rings is 1. The highest BCUT2D eigenvalue weighted by Crippen LogP contribution is 2.44. The lowest BCUT2D eigenvalue weighted by Crippen LogP contribution is -2.52. The van der Waals surface area contributed by atoms with Gasteiger partial charge in [-0.2, -0.15) is 0 Å². The smallest absolute Gasteiger partial charge is 0.172 e. The molecule has 28 heavy (non-hydrogen) atoms. The fourth-order valence-corrected chi connectivity index (χ4v) is 4.57. The van der Waals surface area contributed by atoms with Gasteiger partial charge in [-0.1, -0.05) is 30.3 Å². The number of ether oxygens (including phenoxy) is 1. The van der Waals surface area contributed by atoms with Gasteiger partial charge in [0.05, 0.1) is 29.4 Å². The Bertz CT molecular complexity index is 774. The van der Waals surface area contributed by atoms with Crippen LogP contribution in [0, 0.1) is 0 Å².